The van der Waals surface area contributed by atoms with Gasteiger partial charge in [0.25, 0.3) is 0 Å². The summed E-state index contributed by atoms with van der Waals surface area (Å²) in [6.07, 6.45) is 8.22. The predicted molar refractivity (Wildman–Crippen MR) is 209 cm³/mol. The average molecular weight is 866 g/mol. The van der Waals surface area contributed by atoms with E-state index in [9.17, 15) is 0 Å². The Labute approximate surface area is 320 Å². The molecule has 49 heavy (non-hydrogen) atoms. The molecule has 6 aromatic rings. The third-order valence-corrected chi connectivity index (χ3v) is 12.3. The predicted octanol–water partition coefficient (Wildman–Crippen LogP) is 11.6. The van der Waals surface area contributed by atoms with E-state index in [1.807, 2.05) is 87.6 Å². The summed E-state index contributed by atoms with van der Waals surface area (Å²) in [6.45, 7) is 10.4. The van der Waals surface area contributed by atoms with E-state index < -0.39 is 27.2 Å². The summed E-state index contributed by atoms with van der Waals surface area (Å²) in [7, 11) is -1.67. The standard InChI is InChI=1S/C25H25N2S.C18H24NSi.Ir/c1-16-11-12-21-20-9-6-10-22(24(20)28-25(21)27-16)23-15-19(13-14-26-23)17(2)18-7-4-3-5-8-18;1-14(2)11-16-12-17(15-9-7-6-8-10-15)19-13-18(16)20(3,4)5;/h6,9,11-15,17-18H,3-5,7-8H2,1-2H3;6-9,12-14H,11H2,1-5H3;/q2*-1;/i1D3,17D;11D2;. The Morgan fingerprint density at radius 1 is 0.939 bits per heavy atom. The van der Waals surface area contributed by atoms with E-state index in [0.717, 1.165) is 67.1 Å². The molecule has 0 aliphatic heterocycles. The van der Waals surface area contributed by atoms with Gasteiger partial charge in [-0.15, -0.1) is 59.7 Å². The van der Waals surface area contributed by atoms with Crippen molar-refractivity contribution in [3.05, 3.63) is 108 Å². The van der Waals surface area contributed by atoms with Gasteiger partial charge in [-0.2, -0.15) is 11.3 Å². The Morgan fingerprint density at radius 2 is 1.76 bits per heavy atom. The Kier molecular flexibility index (Phi) is 9.89. The zero-order chi connectivity index (χ0) is 39.1. The molecule has 2 aromatic carbocycles. The molecule has 3 nitrogen and oxygen atoms in total. The number of pyridine rings is 3. The fourth-order valence-corrected chi connectivity index (χ4v) is 9.16. The summed E-state index contributed by atoms with van der Waals surface area (Å²) in [4.78, 5) is 14.3. The van der Waals surface area contributed by atoms with E-state index in [1.54, 1.807) is 12.3 Å². The number of rotatable bonds is 7. The molecule has 0 saturated heterocycles. The van der Waals surface area contributed by atoms with Gasteiger partial charge in [0.2, 0.25) is 0 Å². The van der Waals surface area contributed by atoms with E-state index in [0.29, 0.717) is 10.7 Å². The van der Waals surface area contributed by atoms with Crippen molar-refractivity contribution in [1.82, 2.24) is 15.0 Å². The topological polar surface area (TPSA) is 38.7 Å². The van der Waals surface area contributed by atoms with Gasteiger partial charge < -0.3 is 9.97 Å². The number of aryl methyl sites for hydroxylation is 1. The van der Waals surface area contributed by atoms with Crippen LogP contribution < -0.4 is 5.19 Å². The molecule has 1 radical (unpaired) electrons. The molecule has 0 spiro atoms. The number of fused-ring (bicyclic) bond motifs is 3. The van der Waals surface area contributed by atoms with Crippen LogP contribution in [-0.2, 0) is 26.5 Å². The van der Waals surface area contributed by atoms with Crippen LogP contribution in [0.3, 0.4) is 0 Å². The van der Waals surface area contributed by atoms with Gasteiger partial charge in [0.05, 0.1) is 8.07 Å². The first-order valence-corrected chi connectivity index (χ1v) is 21.4. The number of thiophene rings is 1. The molecule has 1 aliphatic carbocycles. The van der Waals surface area contributed by atoms with Gasteiger partial charge >= 0.3 is 0 Å². The molecule has 1 saturated carbocycles. The molecule has 1 atom stereocenters. The van der Waals surface area contributed by atoms with Gasteiger partial charge in [-0.25, -0.2) is 4.98 Å². The van der Waals surface area contributed by atoms with E-state index in [-0.39, 0.29) is 31.7 Å². The molecule has 257 valence electrons. The minimum absolute atomic E-state index is 0. The molecule has 1 aliphatic rings. The second kappa shape index (κ2) is 16.3. The van der Waals surface area contributed by atoms with Gasteiger partial charge in [0.1, 0.15) is 4.83 Å². The fourth-order valence-electron chi connectivity index (χ4n) is 6.58. The zero-order valence-electron chi connectivity index (χ0n) is 35.3. The number of aromatic nitrogens is 3. The molecule has 0 amide bonds. The maximum absolute atomic E-state index is 9.16. The second-order valence-electron chi connectivity index (χ2n) is 14.1. The monoisotopic (exact) mass is 866 g/mol. The SMILES string of the molecule is [2H]C([2H])([2H])c1ccc2c(n1)sc1c(-c3cc(C([2H])(C)C4CCCCC4)ccn3)[c-]ccc12.[2H]C([2H])(c1cc(-c2[c-]cccc2)ncc1[Si](C)(C)C)C(C)C.[Ir]. The minimum Gasteiger partial charge on any atom is -0.305 e. The quantitative estimate of drug-likeness (QED) is 0.119. The van der Waals surface area contributed by atoms with Gasteiger partial charge in [-0.3, -0.25) is 0 Å². The Balaban J connectivity index is 0.000000222. The molecule has 4 heterocycles. The Hall–Kier alpha value is -3.02. The summed E-state index contributed by atoms with van der Waals surface area (Å²) >= 11 is 1.48. The third-order valence-electron chi connectivity index (χ3n) is 9.13. The number of nitrogens with zero attached hydrogens (tertiary/aromatic N) is 3. The van der Waals surface area contributed by atoms with Crippen molar-refractivity contribution in [3.63, 3.8) is 0 Å². The summed E-state index contributed by atoms with van der Waals surface area (Å²) in [6, 6.07) is 27.5. The Bertz CT molecular complexity index is 2240. The number of hydrogen-bond acceptors (Lipinski definition) is 4. The molecular formula is C43H49IrN3SSi-2. The zero-order valence-corrected chi connectivity index (χ0v) is 33.5. The first-order valence-electron chi connectivity index (χ1n) is 20.1. The minimum atomic E-state index is -2.23. The van der Waals surface area contributed by atoms with Gasteiger partial charge in [-0.05, 0) is 82.6 Å². The number of benzene rings is 2. The van der Waals surface area contributed by atoms with E-state index >= 15 is 0 Å². The second-order valence-corrected chi connectivity index (χ2v) is 20.2. The van der Waals surface area contributed by atoms with Crippen LogP contribution >= 0.6 is 11.3 Å². The maximum atomic E-state index is 9.16. The van der Waals surface area contributed by atoms with Crippen LogP contribution in [0.1, 0.15) is 83.8 Å². The molecule has 1 unspecified atom stereocenters. The third kappa shape index (κ3) is 8.83. The fraction of sp³-hybridized carbons (Fsp3) is 0.372. The number of hydrogen-bond donors (Lipinski definition) is 0. The summed E-state index contributed by atoms with van der Waals surface area (Å²) in [5.74, 6) is -0.377. The van der Waals surface area contributed by atoms with Crippen molar-refractivity contribution < 1.29 is 28.3 Å². The van der Waals surface area contributed by atoms with Crippen molar-refractivity contribution in [1.29, 1.82) is 0 Å². The smallest absolute Gasteiger partial charge is 0.113 e. The van der Waals surface area contributed by atoms with Crippen LogP contribution in [0.5, 0.6) is 0 Å². The first kappa shape index (κ1) is 29.7. The van der Waals surface area contributed by atoms with E-state index in [4.69, 9.17) is 8.22 Å². The van der Waals surface area contributed by atoms with Crippen LogP contribution in [0.25, 0.3) is 42.8 Å². The van der Waals surface area contributed by atoms with Gasteiger partial charge in [0, 0.05) is 46.4 Å². The van der Waals surface area contributed by atoms with Crippen LogP contribution in [0.2, 0.25) is 19.6 Å². The van der Waals surface area contributed by atoms with Crippen LogP contribution in [0.4, 0.5) is 0 Å². The molecule has 0 N–H and O–H groups in total. The van der Waals surface area contributed by atoms with Crippen molar-refractivity contribution in [2.24, 2.45) is 11.8 Å². The van der Waals surface area contributed by atoms with Crippen LogP contribution in [0.15, 0.2) is 79.1 Å². The normalized spacial score (nSPS) is 17.4. The van der Waals surface area contributed by atoms with E-state index in [1.165, 1.54) is 30.6 Å². The molecule has 6 heteroatoms. The molecular weight excluding hydrogens is 811 g/mol. The first-order chi connectivity index (χ1) is 25.4. The van der Waals surface area contributed by atoms with Crippen molar-refractivity contribution in [3.8, 4) is 22.5 Å². The maximum Gasteiger partial charge on any atom is 0.113 e. The van der Waals surface area contributed by atoms with Crippen molar-refractivity contribution in [2.45, 2.75) is 91.6 Å². The summed E-state index contributed by atoms with van der Waals surface area (Å²) in [5.41, 5.74) is 5.27. The average Bonchev–Trinajstić information content (AvgIpc) is 3.53. The van der Waals surface area contributed by atoms with Gasteiger partial charge in [-0.1, -0.05) is 94.4 Å². The molecule has 1 fully saturated rings. The summed E-state index contributed by atoms with van der Waals surface area (Å²) in [5, 5.41) is 3.07. The Morgan fingerprint density at radius 3 is 2.47 bits per heavy atom. The summed E-state index contributed by atoms with van der Waals surface area (Å²) < 4.78 is 50.3. The van der Waals surface area contributed by atoms with Gasteiger partial charge in [0.15, 0.2) is 0 Å². The molecule has 4 aromatic heterocycles. The largest absolute Gasteiger partial charge is 0.305 e. The van der Waals surface area contributed by atoms with Crippen molar-refractivity contribution in [2.75, 3.05) is 0 Å². The van der Waals surface area contributed by atoms with Crippen LogP contribution in [0, 0.1) is 30.8 Å². The molecule has 0 bridgehead atoms. The molecule has 7 rings (SSSR count). The van der Waals surface area contributed by atoms with Crippen LogP contribution in [-0.4, -0.2) is 23.0 Å². The van der Waals surface area contributed by atoms with E-state index in [2.05, 4.69) is 46.7 Å². The van der Waals surface area contributed by atoms with Crippen molar-refractivity contribution >= 4 is 44.9 Å².